The van der Waals surface area contributed by atoms with Crippen LogP contribution in [0.5, 0.6) is 0 Å². The largest absolute Gasteiger partial charge is 0.320 e. The molecule has 4 nitrogen and oxygen atoms in total. The van der Waals surface area contributed by atoms with Crippen molar-refractivity contribution in [3.63, 3.8) is 0 Å². The third kappa shape index (κ3) is 3.76. The standard InChI is InChI=1S/C14H18N2O2S2/c1-11-4-5-12(3-2-7-15)9-14(11)20(17,18)16-13-6-8-19-10-13/h4-5,9,13,16H,6-8,10,15H2,1H3. The maximum Gasteiger partial charge on any atom is 0.241 e. The summed E-state index contributed by atoms with van der Waals surface area (Å²) in [6.45, 7) is 2.05. The van der Waals surface area contributed by atoms with E-state index >= 15 is 0 Å². The summed E-state index contributed by atoms with van der Waals surface area (Å²) >= 11 is 1.77. The Morgan fingerprint density at radius 3 is 2.95 bits per heavy atom. The summed E-state index contributed by atoms with van der Waals surface area (Å²) in [7, 11) is -3.48. The van der Waals surface area contributed by atoms with Gasteiger partial charge in [-0.3, -0.25) is 0 Å². The van der Waals surface area contributed by atoms with Gasteiger partial charge in [-0.1, -0.05) is 17.9 Å². The van der Waals surface area contributed by atoms with Gasteiger partial charge in [0.2, 0.25) is 10.0 Å². The predicted molar refractivity (Wildman–Crippen MR) is 83.2 cm³/mol. The molecule has 0 spiro atoms. The van der Waals surface area contributed by atoms with Crippen LogP contribution in [-0.2, 0) is 10.0 Å². The zero-order valence-corrected chi connectivity index (χ0v) is 13.0. The molecule has 0 saturated carbocycles. The molecule has 1 saturated heterocycles. The molecule has 1 aromatic carbocycles. The lowest BCUT2D eigenvalue weighted by Gasteiger charge is -2.14. The summed E-state index contributed by atoms with van der Waals surface area (Å²) in [5.41, 5.74) is 6.72. The fraction of sp³-hybridized carbons (Fsp3) is 0.429. The molecule has 0 bridgehead atoms. The minimum absolute atomic E-state index is 0.0307. The van der Waals surface area contributed by atoms with Crippen LogP contribution in [0.25, 0.3) is 0 Å². The van der Waals surface area contributed by atoms with Gasteiger partial charge in [-0.25, -0.2) is 13.1 Å². The van der Waals surface area contributed by atoms with Crippen LogP contribution in [0.2, 0.25) is 0 Å². The van der Waals surface area contributed by atoms with E-state index in [9.17, 15) is 8.42 Å². The average Bonchev–Trinajstić information content (AvgIpc) is 2.89. The fourth-order valence-electron chi connectivity index (χ4n) is 2.03. The van der Waals surface area contributed by atoms with Crippen LogP contribution in [0.4, 0.5) is 0 Å². The first-order valence-electron chi connectivity index (χ1n) is 6.42. The van der Waals surface area contributed by atoms with Gasteiger partial charge in [-0.2, -0.15) is 11.8 Å². The Kier molecular flexibility index (Phi) is 5.11. The molecular formula is C14H18N2O2S2. The Hall–Kier alpha value is -1.000. The number of benzene rings is 1. The van der Waals surface area contributed by atoms with E-state index in [2.05, 4.69) is 16.6 Å². The van der Waals surface area contributed by atoms with Crippen molar-refractivity contribution < 1.29 is 8.42 Å². The highest BCUT2D eigenvalue weighted by molar-refractivity contribution is 7.99. The van der Waals surface area contributed by atoms with E-state index in [1.165, 1.54) is 0 Å². The van der Waals surface area contributed by atoms with Crippen molar-refractivity contribution in [3.8, 4) is 11.8 Å². The molecule has 0 aromatic heterocycles. The second-order valence-corrected chi connectivity index (χ2v) is 7.50. The van der Waals surface area contributed by atoms with Gasteiger partial charge in [-0.15, -0.1) is 0 Å². The zero-order chi connectivity index (χ0) is 14.6. The monoisotopic (exact) mass is 310 g/mol. The van der Waals surface area contributed by atoms with Crippen LogP contribution in [0.1, 0.15) is 17.5 Å². The first-order valence-corrected chi connectivity index (χ1v) is 9.06. The van der Waals surface area contributed by atoms with Crippen LogP contribution in [0, 0.1) is 18.8 Å². The molecule has 6 heteroatoms. The van der Waals surface area contributed by atoms with Crippen molar-refractivity contribution in [2.75, 3.05) is 18.1 Å². The first kappa shape index (κ1) is 15.4. The van der Waals surface area contributed by atoms with E-state index in [-0.39, 0.29) is 12.6 Å². The van der Waals surface area contributed by atoms with Crippen LogP contribution in [0.15, 0.2) is 23.1 Å². The van der Waals surface area contributed by atoms with Crippen molar-refractivity contribution in [1.29, 1.82) is 0 Å². The molecule has 3 N–H and O–H groups in total. The van der Waals surface area contributed by atoms with Crippen molar-refractivity contribution in [2.45, 2.75) is 24.3 Å². The molecule has 1 fully saturated rings. The number of nitrogens with two attached hydrogens (primary N) is 1. The normalized spacial score (nSPS) is 18.6. The molecule has 0 aliphatic carbocycles. The van der Waals surface area contributed by atoms with Crippen LogP contribution >= 0.6 is 11.8 Å². The number of sulfonamides is 1. The van der Waals surface area contributed by atoms with Gasteiger partial charge < -0.3 is 5.73 Å². The molecule has 108 valence electrons. The maximum absolute atomic E-state index is 12.4. The molecule has 20 heavy (non-hydrogen) atoms. The Bertz CT molecular complexity index is 639. The van der Waals surface area contributed by atoms with Crippen molar-refractivity contribution >= 4 is 21.8 Å². The second kappa shape index (κ2) is 6.64. The van der Waals surface area contributed by atoms with Gasteiger partial charge in [-0.05, 0) is 36.8 Å². The Labute approximate surface area is 124 Å². The zero-order valence-electron chi connectivity index (χ0n) is 11.3. The van der Waals surface area contributed by atoms with E-state index in [1.54, 1.807) is 30.8 Å². The van der Waals surface area contributed by atoms with Gasteiger partial charge in [0.15, 0.2) is 0 Å². The number of nitrogens with one attached hydrogen (secondary N) is 1. The predicted octanol–water partition coefficient (Wildman–Crippen LogP) is 1.09. The molecule has 1 aliphatic heterocycles. The highest BCUT2D eigenvalue weighted by Crippen LogP contribution is 2.21. The summed E-state index contributed by atoms with van der Waals surface area (Å²) in [5.74, 6) is 7.45. The summed E-state index contributed by atoms with van der Waals surface area (Å²) in [5, 5.41) is 0. The molecule has 0 radical (unpaired) electrons. The molecule has 2 rings (SSSR count). The summed E-state index contributed by atoms with van der Waals surface area (Å²) < 4.78 is 27.7. The highest BCUT2D eigenvalue weighted by Gasteiger charge is 2.24. The number of hydrogen-bond donors (Lipinski definition) is 2. The first-order chi connectivity index (χ1) is 9.53. The number of thioether (sulfide) groups is 1. The van der Waals surface area contributed by atoms with Crippen LogP contribution < -0.4 is 10.5 Å². The smallest absolute Gasteiger partial charge is 0.241 e. The topological polar surface area (TPSA) is 72.2 Å². The van der Waals surface area contributed by atoms with E-state index in [1.807, 2.05) is 6.07 Å². The minimum atomic E-state index is -3.48. The van der Waals surface area contributed by atoms with Crippen molar-refractivity contribution in [2.24, 2.45) is 5.73 Å². The lowest BCUT2D eigenvalue weighted by molar-refractivity contribution is 0.562. The average molecular weight is 310 g/mol. The minimum Gasteiger partial charge on any atom is -0.320 e. The summed E-state index contributed by atoms with van der Waals surface area (Å²) in [6, 6.07) is 5.23. The molecule has 1 aromatic rings. The Morgan fingerprint density at radius 1 is 1.50 bits per heavy atom. The van der Waals surface area contributed by atoms with Crippen LogP contribution in [-0.4, -0.2) is 32.5 Å². The fourth-order valence-corrected chi connectivity index (χ4v) is 4.83. The van der Waals surface area contributed by atoms with Gasteiger partial charge in [0.05, 0.1) is 11.4 Å². The molecule has 1 heterocycles. The molecule has 1 atom stereocenters. The van der Waals surface area contributed by atoms with Gasteiger partial charge in [0.25, 0.3) is 0 Å². The van der Waals surface area contributed by atoms with Crippen LogP contribution in [0.3, 0.4) is 0 Å². The van der Waals surface area contributed by atoms with Gasteiger partial charge in [0, 0.05) is 17.4 Å². The molecule has 1 unspecified atom stereocenters. The van der Waals surface area contributed by atoms with Gasteiger partial charge in [0.1, 0.15) is 0 Å². The van der Waals surface area contributed by atoms with E-state index in [0.717, 1.165) is 23.5 Å². The van der Waals surface area contributed by atoms with E-state index in [4.69, 9.17) is 5.73 Å². The Morgan fingerprint density at radius 2 is 2.30 bits per heavy atom. The quantitative estimate of drug-likeness (QED) is 0.820. The second-order valence-electron chi connectivity index (χ2n) is 4.67. The third-order valence-electron chi connectivity index (χ3n) is 3.06. The third-order valence-corrected chi connectivity index (χ3v) is 5.89. The van der Waals surface area contributed by atoms with Crippen molar-refractivity contribution in [1.82, 2.24) is 4.72 Å². The Balaban J connectivity index is 2.29. The van der Waals surface area contributed by atoms with Crippen molar-refractivity contribution in [3.05, 3.63) is 29.3 Å². The highest BCUT2D eigenvalue weighted by atomic mass is 32.2. The maximum atomic E-state index is 12.4. The molecule has 0 amide bonds. The summed E-state index contributed by atoms with van der Waals surface area (Å²) in [4.78, 5) is 0.304. The number of rotatable bonds is 3. The number of aryl methyl sites for hydroxylation is 1. The van der Waals surface area contributed by atoms with Gasteiger partial charge >= 0.3 is 0 Å². The molecular weight excluding hydrogens is 292 g/mol. The SMILES string of the molecule is Cc1ccc(C#CCN)cc1S(=O)(=O)NC1CCSC1. The summed E-state index contributed by atoms with van der Waals surface area (Å²) in [6.07, 6.45) is 0.885. The lowest BCUT2D eigenvalue weighted by Crippen LogP contribution is -2.35. The molecule has 1 aliphatic rings. The van der Waals surface area contributed by atoms with E-state index in [0.29, 0.717) is 10.5 Å². The number of hydrogen-bond acceptors (Lipinski definition) is 4. The van der Waals surface area contributed by atoms with E-state index < -0.39 is 10.0 Å². The lowest BCUT2D eigenvalue weighted by atomic mass is 10.1.